The number of nitrogens with zero attached hydrogens (tertiary/aromatic N) is 1. The number of aliphatic carboxylic acids is 1. The number of carbonyl (C=O) groups is 1. The van der Waals surface area contributed by atoms with Gasteiger partial charge in [-0.2, -0.15) is 0 Å². The van der Waals surface area contributed by atoms with E-state index in [0.29, 0.717) is 6.04 Å². The average Bonchev–Trinajstić information content (AvgIpc) is 2.33. The molecule has 0 unspecified atom stereocenters. The van der Waals surface area contributed by atoms with Gasteiger partial charge in [0.15, 0.2) is 0 Å². The van der Waals surface area contributed by atoms with E-state index in [1.165, 1.54) is 0 Å². The standard InChI is InChI=1S/C13H18N2O2/c1-9-12(3-2-8-14-9)15-11-6-4-10(5-7-11)13(16)17/h2-3,8,10-11,15H,4-7H2,1H3,(H,16,17). The van der Waals surface area contributed by atoms with Crippen molar-refractivity contribution in [3.8, 4) is 0 Å². The van der Waals surface area contributed by atoms with Crippen molar-refractivity contribution >= 4 is 11.7 Å². The van der Waals surface area contributed by atoms with Crippen LogP contribution in [0.5, 0.6) is 0 Å². The molecule has 1 saturated carbocycles. The molecule has 0 radical (unpaired) electrons. The maximum atomic E-state index is 10.8. The third-order valence-corrected chi connectivity index (χ3v) is 3.44. The van der Waals surface area contributed by atoms with Crippen LogP contribution in [-0.4, -0.2) is 22.1 Å². The summed E-state index contributed by atoms with van der Waals surface area (Å²) in [6.45, 7) is 1.98. The smallest absolute Gasteiger partial charge is 0.306 e. The molecule has 1 aromatic heterocycles. The molecule has 1 aliphatic carbocycles. The molecule has 4 heteroatoms. The van der Waals surface area contributed by atoms with Gasteiger partial charge in [0, 0.05) is 12.2 Å². The van der Waals surface area contributed by atoms with E-state index >= 15 is 0 Å². The summed E-state index contributed by atoms with van der Waals surface area (Å²) >= 11 is 0. The molecule has 92 valence electrons. The summed E-state index contributed by atoms with van der Waals surface area (Å²) in [5, 5.41) is 12.4. The lowest BCUT2D eigenvalue weighted by atomic mass is 9.86. The van der Waals surface area contributed by atoms with Gasteiger partial charge in [0.2, 0.25) is 0 Å². The van der Waals surface area contributed by atoms with Gasteiger partial charge >= 0.3 is 5.97 Å². The van der Waals surface area contributed by atoms with E-state index in [2.05, 4.69) is 10.3 Å². The monoisotopic (exact) mass is 234 g/mol. The Morgan fingerprint density at radius 3 is 2.71 bits per heavy atom. The molecular weight excluding hydrogens is 216 g/mol. The zero-order valence-corrected chi connectivity index (χ0v) is 10.0. The van der Waals surface area contributed by atoms with Crippen LogP contribution in [0.4, 0.5) is 5.69 Å². The second-order valence-corrected chi connectivity index (χ2v) is 4.67. The fourth-order valence-electron chi connectivity index (χ4n) is 2.34. The van der Waals surface area contributed by atoms with Gasteiger partial charge < -0.3 is 10.4 Å². The Balaban J connectivity index is 1.90. The van der Waals surface area contributed by atoms with Crippen molar-refractivity contribution in [3.63, 3.8) is 0 Å². The van der Waals surface area contributed by atoms with Crippen LogP contribution in [0.2, 0.25) is 0 Å². The zero-order valence-electron chi connectivity index (χ0n) is 10.0. The molecule has 0 aliphatic heterocycles. The van der Waals surface area contributed by atoms with Crippen LogP contribution < -0.4 is 5.32 Å². The number of rotatable bonds is 3. The maximum absolute atomic E-state index is 10.8. The summed E-state index contributed by atoms with van der Waals surface area (Å²) in [6.07, 6.45) is 5.16. The lowest BCUT2D eigenvalue weighted by molar-refractivity contribution is -0.142. The highest BCUT2D eigenvalue weighted by molar-refractivity contribution is 5.70. The molecule has 17 heavy (non-hydrogen) atoms. The van der Waals surface area contributed by atoms with Crippen LogP contribution in [0.15, 0.2) is 18.3 Å². The largest absolute Gasteiger partial charge is 0.481 e. The van der Waals surface area contributed by atoms with Crippen molar-refractivity contribution in [2.75, 3.05) is 5.32 Å². The summed E-state index contributed by atoms with van der Waals surface area (Å²) in [4.78, 5) is 15.1. The van der Waals surface area contributed by atoms with E-state index in [1.54, 1.807) is 6.20 Å². The lowest BCUT2D eigenvalue weighted by Crippen LogP contribution is -2.29. The molecule has 1 heterocycles. The Hall–Kier alpha value is -1.58. The van der Waals surface area contributed by atoms with Gasteiger partial charge in [-0.3, -0.25) is 9.78 Å². The predicted octanol–water partition coefficient (Wildman–Crippen LogP) is 2.45. The third kappa shape index (κ3) is 2.96. The minimum atomic E-state index is -0.652. The van der Waals surface area contributed by atoms with Gasteiger partial charge in [0.05, 0.1) is 17.3 Å². The molecule has 0 saturated heterocycles. The van der Waals surface area contributed by atoms with E-state index < -0.39 is 5.97 Å². The van der Waals surface area contributed by atoms with Crippen molar-refractivity contribution in [1.82, 2.24) is 4.98 Å². The third-order valence-electron chi connectivity index (χ3n) is 3.44. The second-order valence-electron chi connectivity index (χ2n) is 4.67. The van der Waals surface area contributed by atoms with E-state index in [4.69, 9.17) is 5.11 Å². The predicted molar refractivity (Wildman–Crippen MR) is 66.0 cm³/mol. The molecule has 1 aliphatic rings. The van der Waals surface area contributed by atoms with Gasteiger partial charge in [0.25, 0.3) is 0 Å². The molecule has 0 aromatic carbocycles. The number of pyridine rings is 1. The summed E-state index contributed by atoms with van der Waals surface area (Å²) in [5.74, 6) is -0.802. The lowest BCUT2D eigenvalue weighted by Gasteiger charge is -2.27. The fourth-order valence-corrected chi connectivity index (χ4v) is 2.34. The topological polar surface area (TPSA) is 62.2 Å². The fraction of sp³-hybridized carbons (Fsp3) is 0.538. The van der Waals surface area contributed by atoms with Crippen LogP contribution in [-0.2, 0) is 4.79 Å². The van der Waals surface area contributed by atoms with Crippen molar-refractivity contribution in [1.29, 1.82) is 0 Å². The number of hydrogen-bond acceptors (Lipinski definition) is 3. The Morgan fingerprint density at radius 1 is 1.41 bits per heavy atom. The van der Waals surface area contributed by atoms with Crippen molar-refractivity contribution in [2.45, 2.75) is 38.6 Å². The zero-order chi connectivity index (χ0) is 12.3. The van der Waals surface area contributed by atoms with Gasteiger partial charge in [-0.05, 0) is 44.7 Å². The van der Waals surface area contributed by atoms with Gasteiger partial charge in [-0.15, -0.1) is 0 Å². The average molecular weight is 234 g/mol. The highest BCUT2D eigenvalue weighted by atomic mass is 16.4. The van der Waals surface area contributed by atoms with Crippen LogP contribution in [0.25, 0.3) is 0 Å². The van der Waals surface area contributed by atoms with E-state index in [-0.39, 0.29) is 5.92 Å². The van der Waals surface area contributed by atoms with Crippen LogP contribution in [0, 0.1) is 12.8 Å². The minimum absolute atomic E-state index is 0.150. The number of hydrogen-bond donors (Lipinski definition) is 2. The molecule has 0 spiro atoms. The molecule has 0 atom stereocenters. The molecule has 2 rings (SSSR count). The van der Waals surface area contributed by atoms with Crippen molar-refractivity contribution < 1.29 is 9.90 Å². The van der Waals surface area contributed by atoms with Crippen LogP contribution >= 0.6 is 0 Å². The Labute approximate surface area is 101 Å². The SMILES string of the molecule is Cc1ncccc1NC1CCC(C(=O)O)CC1. The van der Waals surface area contributed by atoms with Crippen LogP contribution in [0.1, 0.15) is 31.4 Å². The molecule has 1 aromatic rings. The Morgan fingerprint density at radius 2 is 2.12 bits per heavy atom. The first kappa shape index (κ1) is 11.9. The first-order valence-corrected chi connectivity index (χ1v) is 6.08. The quantitative estimate of drug-likeness (QED) is 0.843. The molecule has 4 nitrogen and oxygen atoms in total. The first-order valence-electron chi connectivity index (χ1n) is 6.08. The normalized spacial score (nSPS) is 24.3. The van der Waals surface area contributed by atoms with E-state index in [1.807, 2.05) is 19.1 Å². The Kier molecular flexibility index (Phi) is 3.61. The molecule has 2 N–H and O–H groups in total. The van der Waals surface area contributed by atoms with Gasteiger partial charge in [-0.25, -0.2) is 0 Å². The second kappa shape index (κ2) is 5.17. The number of aryl methyl sites for hydroxylation is 1. The first-order chi connectivity index (χ1) is 8.16. The number of nitrogens with one attached hydrogen (secondary N) is 1. The highest BCUT2D eigenvalue weighted by Crippen LogP contribution is 2.27. The number of aromatic nitrogens is 1. The maximum Gasteiger partial charge on any atom is 0.306 e. The summed E-state index contributed by atoms with van der Waals surface area (Å²) in [6, 6.07) is 4.32. The number of carboxylic acids is 1. The van der Waals surface area contributed by atoms with Crippen molar-refractivity contribution in [2.24, 2.45) is 5.92 Å². The summed E-state index contributed by atoms with van der Waals surface area (Å²) < 4.78 is 0. The summed E-state index contributed by atoms with van der Waals surface area (Å²) in [7, 11) is 0. The highest BCUT2D eigenvalue weighted by Gasteiger charge is 2.25. The molecule has 0 bridgehead atoms. The minimum Gasteiger partial charge on any atom is -0.481 e. The molecular formula is C13H18N2O2. The van der Waals surface area contributed by atoms with Gasteiger partial charge in [-0.1, -0.05) is 0 Å². The van der Waals surface area contributed by atoms with E-state index in [0.717, 1.165) is 37.1 Å². The Bertz CT molecular complexity index is 398. The van der Waals surface area contributed by atoms with Gasteiger partial charge in [0.1, 0.15) is 0 Å². The molecule has 1 fully saturated rings. The van der Waals surface area contributed by atoms with Crippen molar-refractivity contribution in [3.05, 3.63) is 24.0 Å². The van der Waals surface area contributed by atoms with Crippen LogP contribution in [0.3, 0.4) is 0 Å². The number of anilines is 1. The summed E-state index contributed by atoms with van der Waals surface area (Å²) in [5.41, 5.74) is 2.05. The van der Waals surface area contributed by atoms with E-state index in [9.17, 15) is 4.79 Å². The molecule has 0 amide bonds. The number of carboxylic acid groups (broad SMARTS) is 1.